The summed E-state index contributed by atoms with van der Waals surface area (Å²) in [5.74, 6) is -0.265. The van der Waals surface area contributed by atoms with E-state index < -0.39 is 29.6 Å². The third-order valence-electron chi connectivity index (χ3n) is 14.9. The monoisotopic (exact) mass is 893 g/mol. The average molecular weight is 894 g/mol. The number of pyridine rings is 1. The second kappa shape index (κ2) is 18.2. The molecule has 2 amide bonds. The second-order valence-corrected chi connectivity index (χ2v) is 20.8. The number of nitrogens with one attached hydrogen (secondary N) is 2. The van der Waals surface area contributed by atoms with Gasteiger partial charge in [-0.1, -0.05) is 33.8 Å². The molecule has 0 radical (unpaired) electrons. The van der Waals surface area contributed by atoms with Gasteiger partial charge in [0.15, 0.2) is 0 Å². The molecule has 0 unspecified atom stereocenters. The number of rotatable bonds is 10. The van der Waals surface area contributed by atoms with Crippen LogP contribution in [0, 0.1) is 23.2 Å². The van der Waals surface area contributed by atoms with Crippen LogP contribution < -0.4 is 10.7 Å². The lowest BCUT2D eigenvalue weighted by atomic mass is 9.83. The number of fused-ring (bicyclic) bond motifs is 6. The van der Waals surface area contributed by atoms with E-state index in [1.54, 1.807) is 7.11 Å². The van der Waals surface area contributed by atoms with E-state index in [0.717, 1.165) is 83.2 Å². The molecule has 344 valence electrons. The normalized spacial score (nSPS) is 27.3. The van der Waals surface area contributed by atoms with E-state index in [2.05, 4.69) is 92.2 Å². The number of hydrogen-bond donors (Lipinski definition) is 2. The average Bonchev–Trinajstić information content (AvgIpc) is 4.16. The number of cyclic esters (lactones) is 1. The van der Waals surface area contributed by atoms with E-state index in [0.29, 0.717) is 43.3 Å². The summed E-state index contributed by atoms with van der Waals surface area (Å²) in [7, 11) is 1.75. The van der Waals surface area contributed by atoms with Crippen LogP contribution in [0.4, 0.5) is 0 Å². The molecule has 6 bridgehead atoms. The van der Waals surface area contributed by atoms with Gasteiger partial charge in [-0.05, 0) is 126 Å². The Kier molecular flexibility index (Phi) is 12.8. The standard InChI is InChI=1S/C50H67N7O6S/c1-9-56-40-16-13-32-22-35(40)37(44(56)36-23-33(25-51-42(36)30(5)61-8)31-17-20-55(21-18-31)34-14-15-34)24-50(6,7)27-63-49(60)38-12-11-19-57(54-38)48(59)43(53-46(58)41-28(3)29(41)4)45(62-10-2)47-52-39(32)26-64-47/h13,16,22-23,25-26,28-31,34,38,41,43,45,54H,9-12,14-15,17-21,24,27H2,1-8H3,(H,53,58)/t28-,29+,30-,38-,41+,43-,45-/m0/s1. The van der Waals surface area contributed by atoms with E-state index in [9.17, 15) is 14.4 Å². The second-order valence-electron chi connectivity index (χ2n) is 19.9. The van der Waals surface area contributed by atoms with E-state index in [1.807, 2.05) is 12.3 Å². The van der Waals surface area contributed by atoms with Crippen molar-refractivity contribution in [3.8, 4) is 22.5 Å². The van der Waals surface area contributed by atoms with Gasteiger partial charge in [-0.2, -0.15) is 0 Å². The van der Waals surface area contributed by atoms with Gasteiger partial charge >= 0.3 is 5.97 Å². The van der Waals surface area contributed by atoms with Crippen molar-refractivity contribution in [2.75, 3.05) is 40.0 Å². The molecule has 0 spiro atoms. The van der Waals surface area contributed by atoms with Crippen molar-refractivity contribution < 1.29 is 28.6 Å². The van der Waals surface area contributed by atoms with Crippen molar-refractivity contribution >= 4 is 40.0 Å². The summed E-state index contributed by atoms with van der Waals surface area (Å²) in [5.41, 5.74) is 11.1. The first kappa shape index (κ1) is 45.0. The van der Waals surface area contributed by atoms with Crippen molar-refractivity contribution in [3.05, 3.63) is 57.7 Å². The van der Waals surface area contributed by atoms with Gasteiger partial charge in [0, 0.05) is 77.8 Å². The highest BCUT2D eigenvalue weighted by atomic mass is 32.1. The first-order chi connectivity index (χ1) is 30.8. The van der Waals surface area contributed by atoms with Crippen LogP contribution >= 0.6 is 11.3 Å². The molecule has 9 rings (SSSR count). The number of aromatic nitrogens is 3. The first-order valence-corrected chi connectivity index (χ1v) is 24.7. The SMILES string of the molecule is CCO[C@@H]1c2nc(cs2)-c2ccc3c(c2)c(c(-c2cc(C4CCN(C5CC5)CC4)cnc2[C@H](C)OC)n3CC)CC(C)(C)COC(=O)[C@@H]2CCCN(N2)C(=O)[C@H]1NC(=O)[C@H]1[C@H](C)[C@@H]1C. The zero-order valence-electron chi connectivity index (χ0n) is 38.9. The summed E-state index contributed by atoms with van der Waals surface area (Å²) < 4.78 is 21.0. The molecule has 7 atom stereocenters. The smallest absolute Gasteiger partial charge is 0.324 e. The minimum Gasteiger partial charge on any atom is -0.464 e. The molecule has 2 aliphatic carbocycles. The van der Waals surface area contributed by atoms with E-state index in [4.69, 9.17) is 24.2 Å². The summed E-state index contributed by atoms with van der Waals surface area (Å²) in [4.78, 5) is 55.5. The van der Waals surface area contributed by atoms with Crippen molar-refractivity contribution in [1.29, 1.82) is 0 Å². The van der Waals surface area contributed by atoms with Crippen LogP contribution in [-0.4, -0.2) is 100 Å². The van der Waals surface area contributed by atoms with E-state index in [-0.39, 0.29) is 42.3 Å². The Morgan fingerprint density at radius 2 is 1.83 bits per heavy atom. The van der Waals surface area contributed by atoms with Gasteiger partial charge in [0.2, 0.25) is 5.91 Å². The number of likely N-dealkylation sites (tertiary alicyclic amines) is 1. The molecular weight excluding hydrogens is 827 g/mol. The highest BCUT2D eigenvalue weighted by Gasteiger charge is 2.50. The number of thiazole rings is 1. The maximum atomic E-state index is 14.6. The van der Waals surface area contributed by atoms with Gasteiger partial charge in [-0.3, -0.25) is 24.4 Å². The fourth-order valence-corrected chi connectivity index (χ4v) is 11.6. The molecule has 2 N–H and O–H groups in total. The van der Waals surface area contributed by atoms with Gasteiger partial charge in [0.1, 0.15) is 23.2 Å². The van der Waals surface area contributed by atoms with Crippen molar-refractivity contribution in [2.45, 2.75) is 136 Å². The van der Waals surface area contributed by atoms with Gasteiger partial charge in [-0.15, -0.1) is 11.3 Å². The zero-order chi connectivity index (χ0) is 45.0. The number of carbonyl (C=O) groups excluding carboxylic acids is 3. The molecule has 2 saturated heterocycles. The summed E-state index contributed by atoms with van der Waals surface area (Å²) in [6.07, 6.45) is 7.61. The number of carbonyl (C=O) groups is 3. The Bertz CT molecular complexity index is 2370. The number of amides is 2. The zero-order valence-corrected chi connectivity index (χ0v) is 39.8. The van der Waals surface area contributed by atoms with Crippen LogP contribution in [0.5, 0.6) is 0 Å². The summed E-state index contributed by atoms with van der Waals surface area (Å²) in [6.45, 7) is 18.4. The Morgan fingerprint density at radius 3 is 2.52 bits per heavy atom. The van der Waals surface area contributed by atoms with Crippen LogP contribution in [0.25, 0.3) is 33.4 Å². The molecule has 4 aromatic rings. The number of esters is 1. The highest BCUT2D eigenvalue weighted by molar-refractivity contribution is 7.10. The van der Waals surface area contributed by atoms with Gasteiger partial charge in [0.05, 0.1) is 29.8 Å². The molecule has 3 aromatic heterocycles. The van der Waals surface area contributed by atoms with E-state index in [1.165, 1.54) is 34.8 Å². The quantitative estimate of drug-likeness (QED) is 0.151. The van der Waals surface area contributed by atoms with Crippen LogP contribution in [0.1, 0.15) is 127 Å². The molecule has 4 fully saturated rings. The number of hydrogen-bond acceptors (Lipinski definition) is 11. The number of nitrogens with zero attached hydrogens (tertiary/aromatic N) is 5. The molecule has 6 heterocycles. The van der Waals surface area contributed by atoms with Crippen LogP contribution in [-0.2, 0) is 41.6 Å². The van der Waals surface area contributed by atoms with Crippen molar-refractivity contribution in [2.24, 2.45) is 23.2 Å². The predicted octanol–water partition coefficient (Wildman–Crippen LogP) is 7.98. The van der Waals surface area contributed by atoms with Crippen LogP contribution in [0.2, 0.25) is 0 Å². The molecule has 2 saturated carbocycles. The Balaban J connectivity index is 1.18. The predicted molar refractivity (Wildman–Crippen MR) is 248 cm³/mol. The fourth-order valence-electron chi connectivity index (χ4n) is 10.7. The fraction of sp³-hybridized carbons (Fsp3) is 0.620. The summed E-state index contributed by atoms with van der Waals surface area (Å²) in [6, 6.07) is 7.93. The topological polar surface area (TPSA) is 140 Å². The third kappa shape index (κ3) is 8.77. The van der Waals surface area contributed by atoms with E-state index >= 15 is 0 Å². The Morgan fingerprint density at radius 1 is 1.06 bits per heavy atom. The minimum absolute atomic E-state index is 0.172. The van der Waals surface area contributed by atoms with Crippen LogP contribution in [0.15, 0.2) is 35.8 Å². The molecule has 3 aliphatic heterocycles. The number of benzene rings is 1. The van der Waals surface area contributed by atoms with Crippen molar-refractivity contribution in [1.82, 2.24) is 35.2 Å². The number of piperidine rings is 1. The number of hydrazine groups is 1. The molecule has 5 aliphatic rings. The van der Waals surface area contributed by atoms with Crippen LogP contribution in [0.3, 0.4) is 0 Å². The lowest BCUT2D eigenvalue weighted by molar-refractivity contribution is -0.156. The lowest BCUT2D eigenvalue weighted by Gasteiger charge is -2.37. The Hall–Kier alpha value is -4.21. The number of ether oxygens (including phenoxy) is 3. The summed E-state index contributed by atoms with van der Waals surface area (Å²) in [5, 5.41) is 8.30. The number of aryl methyl sites for hydroxylation is 1. The molecule has 14 heteroatoms. The molecule has 13 nitrogen and oxygen atoms in total. The van der Waals surface area contributed by atoms with Gasteiger partial charge in [-0.25, -0.2) is 10.4 Å². The van der Waals surface area contributed by atoms with Crippen molar-refractivity contribution in [3.63, 3.8) is 0 Å². The molecular formula is C50H67N7O6S. The lowest BCUT2D eigenvalue weighted by Crippen LogP contribution is -2.61. The van der Waals surface area contributed by atoms with Gasteiger partial charge in [0.25, 0.3) is 5.91 Å². The maximum absolute atomic E-state index is 14.6. The number of methoxy groups -OCH3 is 1. The Labute approximate surface area is 382 Å². The first-order valence-electron chi connectivity index (χ1n) is 23.8. The molecule has 1 aromatic carbocycles. The highest BCUT2D eigenvalue weighted by Crippen LogP contribution is 2.47. The maximum Gasteiger partial charge on any atom is 0.324 e. The van der Waals surface area contributed by atoms with Gasteiger partial charge < -0.3 is 29.0 Å². The molecule has 64 heavy (non-hydrogen) atoms. The minimum atomic E-state index is -1.07. The largest absolute Gasteiger partial charge is 0.464 e. The summed E-state index contributed by atoms with van der Waals surface area (Å²) >= 11 is 1.43. The third-order valence-corrected chi connectivity index (χ3v) is 15.8.